The molecule has 0 aliphatic carbocycles. The first-order valence-corrected chi connectivity index (χ1v) is 17.6. The minimum absolute atomic E-state index is 0.0670. The van der Waals surface area contributed by atoms with Crippen LogP contribution in [0.5, 0.6) is 0 Å². The number of carbonyl (C=O) groups excluding carboxylic acids is 1. The summed E-state index contributed by atoms with van der Waals surface area (Å²) in [5.41, 5.74) is 5.84. The Hall–Kier alpha value is -4.61. The zero-order valence-electron chi connectivity index (χ0n) is 28.9. The summed E-state index contributed by atoms with van der Waals surface area (Å²) in [6.07, 6.45) is 4.77. The third-order valence-electron chi connectivity index (χ3n) is 10.3. The molecule has 49 heavy (non-hydrogen) atoms. The number of likely N-dealkylation sites (tertiary alicyclic amines) is 1. The second-order valence-electron chi connectivity index (χ2n) is 13.8. The number of imidazole rings is 1. The topological polar surface area (TPSA) is 97.4 Å². The number of anilines is 1. The van der Waals surface area contributed by atoms with E-state index in [1.807, 2.05) is 25.1 Å². The van der Waals surface area contributed by atoms with E-state index >= 15 is 0 Å². The van der Waals surface area contributed by atoms with E-state index in [1.54, 1.807) is 11.0 Å². The molecular weight excluding hydrogens is 614 g/mol. The smallest absolute Gasteiger partial charge is 0.254 e. The number of rotatable bonds is 11. The van der Waals surface area contributed by atoms with Crippen molar-refractivity contribution in [1.29, 1.82) is 0 Å². The van der Waals surface area contributed by atoms with Crippen LogP contribution in [0.15, 0.2) is 79.1 Å². The second kappa shape index (κ2) is 14.5. The van der Waals surface area contributed by atoms with Crippen LogP contribution >= 0.6 is 0 Å². The number of hydrogen-bond acceptors (Lipinski definition) is 8. The maximum absolute atomic E-state index is 14.1. The number of tetrazole rings is 1. The van der Waals surface area contributed by atoms with Gasteiger partial charge in [0.25, 0.3) is 5.91 Å². The number of hydrogen-bond donors (Lipinski definition) is 0. The van der Waals surface area contributed by atoms with Crippen molar-refractivity contribution in [2.24, 2.45) is 0 Å². The number of aromatic nitrogens is 6. The molecule has 5 aromatic rings. The fourth-order valence-corrected chi connectivity index (χ4v) is 7.53. The van der Waals surface area contributed by atoms with Crippen LogP contribution in [0.25, 0.3) is 16.7 Å². The number of fused-ring (bicyclic) bond motifs is 1. The van der Waals surface area contributed by atoms with E-state index < -0.39 is 0 Å². The summed E-state index contributed by atoms with van der Waals surface area (Å²) in [5, 5.41) is 11.5. The molecule has 0 N–H and O–H groups in total. The molecule has 2 fully saturated rings. The van der Waals surface area contributed by atoms with Crippen LogP contribution in [0.4, 0.5) is 5.95 Å². The Labute approximate surface area is 288 Å². The summed E-state index contributed by atoms with van der Waals surface area (Å²) < 4.78 is 9.87. The number of nitrogens with zero attached hydrogens (tertiary/aromatic N) is 9. The number of carbonyl (C=O) groups is 1. The van der Waals surface area contributed by atoms with Crippen LogP contribution in [0.2, 0.25) is 0 Å². The van der Waals surface area contributed by atoms with Crippen molar-refractivity contribution in [3.05, 3.63) is 95.8 Å². The zero-order valence-corrected chi connectivity index (χ0v) is 28.9. The summed E-state index contributed by atoms with van der Waals surface area (Å²) in [6, 6.07) is 25.1. The molecular formula is C38H47N9O2. The number of amides is 1. The highest BCUT2D eigenvalue weighted by atomic mass is 16.5. The highest BCUT2D eigenvalue weighted by Crippen LogP contribution is 2.39. The normalized spacial score (nSPS) is 18.9. The molecule has 0 bridgehead atoms. The van der Waals surface area contributed by atoms with Crippen LogP contribution in [-0.4, -0.2) is 104 Å². The lowest BCUT2D eigenvalue weighted by Crippen LogP contribution is -2.39. The first-order valence-electron chi connectivity index (χ1n) is 17.6. The van der Waals surface area contributed by atoms with Crippen LogP contribution in [0.3, 0.4) is 0 Å². The fraction of sp³-hybridized carbons (Fsp3) is 0.447. The highest BCUT2D eigenvalue weighted by Gasteiger charge is 2.42. The van der Waals surface area contributed by atoms with Gasteiger partial charge in [-0.2, -0.15) is 0 Å². The molecule has 11 heteroatoms. The number of benzene rings is 3. The first kappa shape index (κ1) is 32.9. The molecule has 1 unspecified atom stereocenters. The van der Waals surface area contributed by atoms with E-state index in [2.05, 4.69) is 103 Å². The average Bonchev–Trinajstić information content (AvgIpc) is 3.85. The number of ether oxygens (including phenoxy) is 1. The van der Waals surface area contributed by atoms with Gasteiger partial charge in [0, 0.05) is 50.2 Å². The van der Waals surface area contributed by atoms with E-state index in [0.717, 1.165) is 93.3 Å². The van der Waals surface area contributed by atoms with E-state index in [0.29, 0.717) is 18.7 Å². The SMILES string of the molecule is Cc1ccc(-n2cnnn2)cc1C(=O)N1CCC(CCN2CCCN(c3nc4ccccc4n3CCOC(C)C)CC2)(c2ccccc2)C1. The van der Waals surface area contributed by atoms with Gasteiger partial charge in [-0.3, -0.25) is 4.79 Å². The predicted molar refractivity (Wildman–Crippen MR) is 191 cm³/mol. The third kappa shape index (κ3) is 7.09. The Morgan fingerprint density at radius 1 is 0.939 bits per heavy atom. The van der Waals surface area contributed by atoms with E-state index in [4.69, 9.17) is 9.72 Å². The minimum Gasteiger partial charge on any atom is -0.377 e. The summed E-state index contributed by atoms with van der Waals surface area (Å²) >= 11 is 0. The molecule has 2 aliphatic heterocycles. The maximum Gasteiger partial charge on any atom is 0.254 e. The van der Waals surface area contributed by atoms with Gasteiger partial charge in [0.1, 0.15) is 6.33 Å². The van der Waals surface area contributed by atoms with Crippen molar-refractivity contribution in [3.63, 3.8) is 0 Å². The molecule has 0 radical (unpaired) electrons. The van der Waals surface area contributed by atoms with Crippen LogP contribution in [0, 0.1) is 6.92 Å². The maximum atomic E-state index is 14.1. The van der Waals surface area contributed by atoms with Gasteiger partial charge in [-0.15, -0.1) is 5.10 Å². The van der Waals surface area contributed by atoms with E-state index in [1.165, 1.54) is 5.56 Å². The molecule has 1 amide bonds. The second-order valence-corrected chi connectivity index (χ2v) is 13.8. The molecule has 4 heterocycles. The molecule has 256 valence electrons. The average molecular weight is 662 g/mol. The zero-order chi connectivity index (χ0) is 33.8. The van der Waals surface area contributed by atoms with E-state index in [-0.39, 0.29) is 17.4 Å². The first-order chi connectivity index (χ1) is 23.9. The lowest BCUT2D eigenvalue weighted by atomic mass is 9.76. The molecule has 2 saturated heterocycles. The lowest BCUT2D eigenvalue weighted by molar-refractivity contribution is 0.0734. The Balaban J connectivity index is 1.05. The monoisotopic (exact) mass is 661 g/mol. The van der Waals surface area contributed by atoms with E-state index in [9.17, 15) is 4.79 Å². The molecule has 1 atom stereocenters. The van der Waals surface area contributed by atoms with Gasteiger partial charge in [0.15, 0.2) is 0 Å². The fourth-order valence-electron chi connectivity index (χ4n) is 7.53. The van der Waals surface area contributed by atoms with Crippen LogP contribution < -0.4 is 4.90 Å². The molecule has 0 spiro atoms. The van der Waals surface area contributed by atoms with Gasteiger partial charge in [-0.05, 0) is 98.9 Å². The number of aryl methyl sites for hydroxylation is 1. The summed E-state index contributed by atoms with van der Waals surface area (Å²) in [7, 11) is 0. The van der Waals surface area contributed by atoms with Crippen molar-refractivity contribution in [2.75, 3.05) is 57.3 Å². The van der Waals surface area contributed by atoms with Crippen molar-refractivity contribution < 1.29 is 9.53 Å². The van der Waals surface area contributed by atoms with Gasteiger partial charge in [-0.1, -0.05) is 48.5 Å². The molecule has 2 aliphatic rings. The lowest BCUT2D eigenvalue weighted by Gasteiger charge is -2.33. The predicted octanol–water partition coefficient (Wildman–Crippen LogP) is 5.13. The molecule has 7 rings (SSSR count). The molecule has 0 saturated carbocycles. The molecule has 11 nitrogen and oxygen atoms in total. The van der Waals surface area contributed by atoms with Crippen molar-refractivity contribution in [1.82, 2.24) is 39.6 Å². The van der Waals surface area contributed by atoms with Crippen LogP contribution in [0.1, 0.15) is 54.6 Å². The largest absolute Gasteiger partial charge is 0.377 e. The van der Waals surface area contributed by atoms with Gasteiger partial charge < -0.3 is 24.0 Å². The highest BCUT2D eigenvalue weighted by molar-refractivity contribution is 5.96. The quantitative estimate of drug-likeness (QED) is 0.192. The van der Waals surface area contributed by atoms with Crippen molar-refractivity contribution in [3.8, 4) is 5.69 Å². The van der Waals surface area contributed by atoms with Gasteiger partial charge in [0.05, 0.1) is 29.4 Å². The van der Waals surface area contributed by atoms with Gasteiger partial charge >= 0.3 is 0 Å². The minimum atomic E-state index is -0.103. The summed E-state index contributed by atoms with van der Waals surface area (Å²) in [5.74, 6) is 1.11. The standard InChI is InChI=1S/C38H47N9O2/c1-29(2)49-25-24-46-35-13-8-7-12-34(35)40-37(46)44-19-9-18-43(22-23-44)20-16-38(31-10-5-4-6-11-31)17-21-45(27-38)36(48)33-26-32(15-14-30(33)3)47-28-39-41-42-47/h4-8,10-15,26,28-29H,9,16-25,27H2,1-3H3. The third-order valence-corrected chi connectivity index (χ3v) is 10.3. The molecule has 2 aromatic heterocycles. The molecule has 3 aromatic carbocycles. The van der Waals surface area contributed by atoms with Gasteiger partial charge in [0.2, 0.25) is 5.95 Å². The van der Waals surface area contributed by atoms with Crippen molar-refractivity contribution in [2.45, 2.75) is 58.1 Å². The van der Waals surface area contributed by atoms with Crippen molar-refractivity contribution >= 4 is 22.9 Å². The Morgan fingerprint density at radius 3 is 2.59 bits per heavy atom. The summed E-state index contributed by atoms with van der Waals surface area (Å²) in [4.78, 5) is 26.3. The Morgan fingerprint density at radius 2 is 1.78 bits per heavy atom. The Kier molecular flexibility index (Phi) is 9.72. The van der Waals surface area contributed by atoms with Gasteiger partial charge in [-0.25, -0.2) is 9.67 Å². The van der Waals surface area contributed by atoms with Crippen LogP contribution in [-0.2, 0) is 16.7 Å². The number of para-hydroxylation sites is 2. The summed E-state index contributed by atoms with van der Waals surface area (Å²) in [6.45, 7) is 13.9. The Bertz CT molecular complexity index is 1860.